The number of carbonyl (C=O) groups excluding carboxylic acids is 1. The average Bonchev–Trinajstić information content (AvgIpc) is 2.43. The fourth-order valence-corrected chi connectivity index (χ4v) is 2.05. The summed E-state index contributed by atoms with van der Waals surface area (Å²) in [5, 5.41) is 0. The number of amides is 1. The van der Waals surface area contributed by atoms with Crippen LogP contribution in [0.5, 0.6) is 0 Å². The monoisotopic (exact) mass is 321 g/mol. The Morgan fingerprint density at radius 2 is 2.11 bits per heavy atom. The quantitative estimate of drug-likeness (QED) is 0.813. The topological polar surface area (TPSA) is 46.1 Å². The zero-order chi connectivity index (χ0) is 13.8. The van der Waals surface area contributed by atoms with Crippen molar-refractivity contribution in [2.75, 3.05) is 13.6 Å². The second kappa shape index (κ2) is 6.10. The molecule has 0 radical (unpaired) electrons. The van der Waals surface area contributed by atoms with Crippen LogP contribution in [0.25, 0.3) is 11.0 Å². The molecule has 1 aromatic carbocycles. The first-order valence-electron chi connectivity index (χ1n) is 6.19. The zero-order valence-electron chi connectivity index (χ0n) is 11.0. The number of alkyl halides is 1. The lowest BCUT2D eigenvalue weighted by Crippen LogP contribution is -2.29. The van der Waals surface area contributed by atoms with Crippen molar-refractivity contribution < 1.29 is 4.79 Å². The minimum atomic E-state index is -0.0146. The maximum Gasteiger partial charge on any atom is 0.255 e. The van der Waals surface area contributed by atoms with Crippen molar-refractivity contribution in [3.8, 4) is 0 Å². The third-order valence-corrected chi connectivity index (χ3v) is 3.40. The number of hydrogen-bond acceptors (Lipinski definition) is 3. The largest absolute Gasteiger partial charge is 0.342 e. The van der Waals surface area contributed by atoms with Crippen molar-refractivity contribution in [3.05, 3.63) is 36.2 Å². The first kappa shape index (κ1) is 13.9. The lowest BCUT2D eigenvalue weighted by molar-refractivity contribution is 0.0795. The number of rotatable bonds is 4. The first-order chi connectivity index (χ1) is 9.09. The summed E-state index contributed by atoms with van der Waals surface area (Å²) in [7, 11) is 1.81. The summed E-state index contributed by atoms with van der Waals surface area (Å²) in [5.74, 6) is -0.0146. The molecule has 0 bridgehead atoms. The van der Waals surface area contributed by atoms with Crippen LogP contribution in [0, 0.1) is 0 Å². The molecule has 2 aromatic rings. The van der Waals surface area contributed by atoms with Gasteiger partial charge >= 0.3 is 0 Å². The van der Waals surface area contributed by atoms with E-state index in [0.717, 1.165) is 11.9 Å². The maximum absolute atomic E-state index is 12.4. The summed E-state index contributed by atoms with van der Waals surface area (Å²) in [6.45, 7) is 2.78. The molecule has 0 aliphatic rings. The summed E-state index contributed by atoms with van der Waals surface area (Å²) in [6.07, 6.45) is 4.16. The molecule has 0 spiro atoms. The fourth-order valence-electron chi connectivity index (χ4n) is 1.84. The number of carbonyl (C=O) groups is 1. The van der Waals surface area contributed by atoms with Gasteiger partial charge in [-0.2, -0.15) is 0 Å². The molecule has 0 saturated heterocycles. The van der Waals surface area contributed by atoms with E-state index in [2.05, 4.69) is 32.8 Å². The van der Waals surface area contributed by atoms with Crippen molar-refractivity contribution in [1.29, 1.82) is 0 Å². The van der Waals surface area contributed by atoms with Gasteiger partial charge in [-0.05, 0) is 18.6 Å². The van der Waals surface area contributed by atoms with Gasteiger partial charge in [0.15, 0.2) is 0 Å². The molecular formula is C14H16BrN3O. The smallest absolute Gasteiger partial charge is 0.255 e. The van der Waals surface area contributed by atoms with Gasteiger partial charge in [0.1, 0.15) is 5.52 Å². The lowest BCUT2D eigenvalue weighted by Gasteiger charge is -2.18. The van der Waals surface area contributed by atoms with Gasteiger partial charge in [0, 0.05) is 30.8 Å². The third kappa shape index (κ3) is 3.29. The van der Waals surface area contributed by atoms with Crippen LogP contribution in [0.3, 0.4) is 0 Å². The van der Waals surface area contributed by atoms with Crippen LogP contribution < -0.4 is 0 Å². The normalized spacial score (nSPS) is 12.4. The summed E-state index contributed by atoms with van der Waals surface area (Å²) in [4.78, 5) is 23.0. The molecule has 0 N–H and O–H groups in total. The Labute approximate surface area is 121 Å². The Hall–Kier alpha value is -1.49. The van der Waals surface area contributed by atoms with E-state index in [9.17, 15) is 4.79 Å². The Balaban J connectivity index is 2.26. The van der Waals surface area contributed by atoms with Crippen LogP contribution >= 0.6 is 15.9 Å². The van der Waals surface area contributed by atoms with Gasteiger partial charge in [0.05, 0.1) is 11.1 Å². The van der Waals surface area contributed by atoms with E-state index in [1.165, 1.54) is 0 Å². The summed E-state index contributed by atoms with van der Waals surface area (Å²) in [5.41, 5.74) is 2.01. The van der Waals surface area contributed by atoms with Crippen LogP contribution in [0.4, 0.5) is 0 Å². The number of aromatic nitrogens is 2. The van der Waals surface area contributed by atoms with Crippen molar-refractivity contribution in [2.45, 2.75) is 18.2 Å². The van der Waals surface area contributed by atoms with Gasteiger partial charge < -0.3 is 4.90 Å². The van der Waals surface area contributed by atoms with Crippen molar-refractivity contribution in [3.63, 3.8) is 0 Å². The summed E-state index contributed by atoms with van der Waals surface area (Å²) in [6, 6.07) is 5.50. The predicted octanol–water partition coefficient (Wildman–Crippen LogP) is 2.88. The van der Waals surface area contributed by atoms with Crippen molar-refractivity contribution in [2.24, 2.45) is 0 Å². The zero-order valence-corrected chi connectivity index (χ0v) is 12.6. The molecule has 1 atom stereocenters. The predicted molar refractivity (Wildman–Crippen MR) is 79.5 cm³/mol. The van der Waals surface area contributed by atoms with Gasteiger partial charge in [-0.1, -0.05) is 28.9 Å². The molecule has 0 aliphatic carbocycles. The molecule has 100 valence electrons. The maximum atomic E-state index is 12.4. The van der Waals surface area contributed by atoms with Gasteiger partial charge in [-0.3, -0.25) is 14.8 Å². The highest BCUT2D eigenvalue weighted by Gasteiger charge is 2.15. The molecule has 0 aliphatic heterocycles. The highest BCUT2D eigenvalue weighted by atomic mass is 79.9. The Morgan fingerprint density at radius 1 is 1.37 bits per heavy atom. The highest BCUT2D eigenvalue weighted by molar-refractivity contribution is 9.09. The third-order valence-electron chi connectivity index (χ3n) is 2.94. The molecule has 1 unspecified atom stereocenters. The van der Waals surface area contributed by atoms with Crippen LogP contribution in [0.15, 0.2) is 30.6 Å². The number of halogens is 1. The standard InChI is InChI=1S/C14H16BrN3O/c1-10(15)6-9-18(2)14(19)11-4-3-5-12-13(11)17-8-7-16-12/h3-5,7-8,10H,6,9H2,1-2H3. The Kier molecular flexibility index (Phi) is 4.47. The van der Waals surface area contributed by atoms with Gasteiger partial charge in [0.25, 0.3) is 5.91 Å². The average molecular weight is 322 g/mol. The molecule has 1 amide bonds. The van der Waals surface area contributed by atoms with E-state index < -0.39 is 0 Å². The number of nitrogens with zero attached hydrogens (tertiary/aromatic N) is 3. The van der Waals surface area contributed by atoms with Gasteiger partial charge in [-0.15, -0.1) is 0 Å². The Morgan fingerprint density at radius 3 is 2.84 bits per heavy atom. The van der Waals surface area contributed by atoms with E-state index in [0.29, 0.717) is 22.5 Å². The van der Waals surface area contributed by atoms with E-state index in [1.807, 2.05) is 19.2 Å². The molecule has 1 aromatic heterocycles. The van der Waals surface area contributed by atoms with Crippen LogP contribution in [0.2, 0.25) is 0 Å². The summed E-state index contributed by atoms with van der Waals surface area (Å²) >= 11 is 3.49. The van der Waals surface area contributed by atoms with Gasteiger partial charge in [0.2, 0.25) is 0 Å². The molecular weight excluding hydrogens is 306 g/mol. The van der Waals surface area contributed by atoms with E-state index >= 15 is 0 Å². The molecule has 19 heavy (non-hydrogen) atoms. The molecule has 2 rings (SSSR count). The number of fused-ring (bicyclic) bond motifs is 1. The Bertz CT molecular complexity index is 580. The fraction of sp³-hybridized carbons (Fsp3) is 0.357. The number of benzene rings is 1. The van der Waals surface area contributed by atoms with E-state index in [1.54, 1.807) is 23.4 Å². The first-order valence-corrected chi connectivity index (χ1v) is 7.10. The molecule has 0 fully saturated rings. The lowest BCUT2D eigenvalue weighted by atomic mass is 10.1. The highest BCUT2D eigenvalue weighted by Crippen LogP contribution is 2.16. The molecule has 0 saturated carbocycles. The molecule has 4 nitrogen and oxygen atoms in total. The molecule has 5 heteroatoms. The second-order valence-corrected chi connectivity index (χ2v) is 6.09. The van der Waals surface area contributed by atoms with E-state index in [-0.39, 0.29) is 5.91 Å². The minimum Gasteiger partial charge on any atom is -0.342 e. The van der Waals surface area contributed by atoms with Crippen LogP contribution in [0.1, 0.15) is 23.7 Å². The van der Waals surface area contributed by atoms with Crippen LogP contribution in [-0.2, 0) is 0 Å². The molecule has 1 heterocycles. The minimum absolute atomic E-state index is 0.0146. The second-order valence-electron chi connectivity index (χ2n) is 4.53. The number of hydrogen-bond donors (Lipinski definition) is 0. The van der Waals surface area contributed by atoms with Gasteiger partial charge in [-0.25, -0.2) is 0 Å². The van der Waals surface area contributed by atoms with E-state index in [4.69, 9.17) is 0 Å². The number of para-hydroxylation sites is 1. The van der Waals surface area contributed by atoms with Crippen LogP contribution in [-0.4, -0.2) is 39.2 Å². The summed E-state index contributed by atoms with van der Waals surface area (Å²) < 4.78 is 0. The van der Waals surface area contributed by atoms with Crippen molar-refractivity contribution in [1.82, 2.24) is 14.9 Å². The van der Waals surface area contributed by atoms with Crippen molar-refractivity contribution >= 4 is 32.9 Å². The SMILES string of the molecule is CC(Br)CCN(C)C(=O)c1cccc2nccnc12.